The van der Waals surface area contributed by atoms with Crippen molar-refractivity contribution in [3.63, 3.8) is 0 Å². The Morgan fingerprint density at radius 3 is 2.42 bits per heavy atom. The van der Waals surface area contributed by atoms with Crippen LogP contribution in [-0.4, -0.2) is 12.2 Å². The van der Waals surface area contributed by atoms with E-state index in [0.717, 1.165) is 5.69 Å². The van der Waals surface area contributed by atoms with Crippen molar-refractivity contribution in [1.29, 1.82) is 0 Å². The van der Waals surface area contributed by atoms with Crippen molar-refractivity contribution >= 4 is 17.1 Å². The Hall–Kier alpha value is -2.56. The summed E-state index contributed by atoms with van der Waals surface area (Å²) in [5, 5.41) is 9.61. The summed E-state index contributed by atoms with van der Waals surface area (Å²) in [7, 11) is 1.54. The normalized spacial score (nSPS) is 10.0. The lowest BCUT2D eigenvalue weighted by atomic mass is 10.2. The molecule has 0 aliphatic rings. The van der Waals surface area contributed by atoms with Crippen LogP contribution in [0, 0.1) is 6.92 Å². The van der Waals surface area contributed by atoms with Gasteiger partial charge in [-0.1, -0.05) is 17.7 Å². The highest BCUT2D eigenvalue weighted by Gasteiger charge is 2.07. The molecule has 2 rings (SSSR count). The molecule has 0 atom stereocenters. The van der Waals surface area contributed by atoms with Gasteiger partial charge in [-0.05, 0) is 19.1 Å². The van der Waals surface area contributed by atoms with Crippen LogP contribution in [0.2, 0.25) is 0 Å². The van der Waals surface area contributed by atoms with Gasteiger partial charge >= 0.3 is 0 Å². The van der Waals surface area contributed by atoms with Crippen molar-refractivity contribution in [3.8, 4) is 11.5 Å². The summed E-state index contributed by atoms with van der Waals surface area (Å²) < 4.78 is 5.20. The van der Waals surface area contributed by atoms with E-state index in [4.69, 9.17) is 10.5 Å². The minimum atomic E-state index is 0.00834. The molecule has 0 bridgehead atoms. The van der Waals surface area contributed by atoms with Crippen LogP contribution in [0.15, 0.2) is 36.4 Å². The van der Waals surface area contributed by atoms with Crippen molar-refractivity contribution in [3.05, 3.63) is 42.0 Å². The van der Waals surface area contributed by atoms with Gasteiger partial charge in [0.05, 0.1) is 24.2 Å². The molecule has 0 fully saturated rings. The van der Waals surface area contributed by atoms with Gasteiger partial charge in [-0.3, -0.25) is 5.43 Å². The summed E-state index contributed by atoms with van der Waals surface area (Å²) in [6.45, 7) is 2.03. The first-order chi connectivity index (χ1) is 9.10. The first kappa shape index (κ1) is 12.9. The lowest BCUT2D eigenvalue weighted by molar-refractivity contribution is 0.415. The Balaban J connectivity index is 2.14. The fraction of sp³-hybridized carbons (Fsp3) is 0.143. The number of phenolic OH excluding ortho intramolecular Hbond substituents is 1. The molecule has 5 nitrogen and oxygen atoms in total. The third-order valence-electron chi connectivity index (χ3n) is 2.74. The summed E-state index contributed by atoms with van der Waals surface area (Å²) in [6, 6.07) is 11.0. The fourth-order valence-corrected chi connectivity index (χ4v) is 1.63. The molecule has 5 heteroatoms. The number of methoxy groups -OCH3 is 1. The number of anilines is 3. The van der Waals surface area contributed by atoms with Gasteiger partial charge in [-0.15, -0.1) is 0 Å². The number of nitrogens with two attached hydrogens (primary N) is 1. The van der Waals surface area contributed by atoms with E-state index in [0.29, 0.717) is 11.4 Å². The van der Waals surface area contributed by atoms with Crippen molar-refractivity contribution in [2.45, 2.75) is 6.92 Å². The minimum Gasteiger partial charge on any atom is -0.506 e. The fourth-order valence-electron chi connectivity index (χ4n) is 1.63. The Morgan fingerprint density at radius 1 is 1.11 bits per heavy atom. The third-order valence-corrected chi connectivity index (χ3v) is 2.74. The van der Waals surface area contributed by atoms with Gasteiger partial charge in [-0.25, -0.2) is 0 Å². The first-order valence-corrected chi connectivity index (χ1v) is 5.85. The molecule has 0 aliphatic heterocycles. The second kappa shape index (κ2) is 5.39. The van der Waals surface area contributed by atoms with Crippen LogP contribution in [0.3, 0.4) is 0 Å². The molecule has 0 saturated carbocycles. The first-order valence-electron chi connectivity index (χ1n) is 5.85. The van der Waals surface area contributed by atoms with Gasteiger partial charge in [0.25, 0.3) is 0 Å². The van der Waals surface area contributed by atoms with Crippen LogP contribution in [0.5, 0.6) is 11.5 Å². The highest BCUT2D eigenvalue weighted by molar-refractivity contribution is 5.70. The number of phenols is 1. The number of ether oxygens (including phenoxy) is 1. The number of aryl methyl sites for hydroxylation is 1. The van der Waals surface area contributed by atoms with Gasteiger partial charge < -0.3 is 21.0 Å². The molecule has 0 unspecified atom stereocenters. The summed E-state index contributed by atoms with van der Waals surface area (Å²) in [6.07, 6.45) is 0. The van der Waals surface area contributed by atoms with Gasteiger partial charge in [0.1, 0.15) is 11.5 Å². The summed E-state index contributed by atoms with van der Waals surface area (Å²) in [5.74, 6) is 0.559. The zero-order valence-corrected chi connectivity index (χ0v) is 10.9. The van der Waals surface area contributed by atoms with Gasteiger partial charge in [0.2, 0.25) is 0 Å². The molecule has 19 heavy (non-hydrogen) atoms. The van der Waals surface area contributed by atoms with Crippen molar-refractivity contribution in [2.75, 3.05) is 23.7 Å². The molecule has 2 aromatic rings. The van der Waals surface area contributed by atoms with Crippen molar-refractivity contribution in [2.24, 2.45) is 0 Å². The largest absolute Gasteiger partial charge is 0.506 e. The molecule has 0 heterocycles. The second-order valence-electron chi connectivity index (χ2n) is 4.23. The molecule has 0 aliphatic carbocycles. The molecular formula is C14H17N3O2. The summed E-state index contributed by atoms with van der Waals surface area (Å²) >= 11 is 0. The summed E-state index contributed by atoms with van der Waals surface area (Å²) in [4.78, 5) is 0. The number of aromatic hydroxyl groups is 1. The number of hydrogen-bond acceptors (Lipinski definition) is 5. The number of benzene rings is 2. The lowest BCUT2D eigenvalue weighted by Crippen LogP contribution is -2.09. The van der Waals surface area contributed by atoms with E-state index >= 15 is 0 Å². The molecular weight excluding hydrogens is 242 g/mol. The number of hydrogen-bond donors (Lipinski definition) is 4. The average molecular weight is 259 g/mol. The number of hydrazine groups is 1. The Bertz CT molecular complexity index is 568. The molecule has 0 saturated heterocycles. The van der Waals surface area contributed by atoms with E-state index in [9.17, 15) is 5.11 Å². The van der Waals surface area contributed by atoms with Crippen molar-refractivity contribution in [1.82, 2.24) is 0 Å². The quantitative estimate of drug-likeness (QED) is 0.386. The van der Waals surface area contributed by atoms with E-state index in [1.54, 1.807) is 13.2 Å². The maximum atomic E-state index is 9.61. The zero-order chi connectivity index (χ0) is 13.8. The van der Waals surface area contributed by atoms with Crippen LogP contribution >= 0.6 is 0 Å². The SMILES string of the molecule is COc1cc(N)c(O)cc1NNc1ccc(C)cc1. The van der Waals surface area contributed by atoms with Crippen LogP contribution in [0.1, 0.15) is 5.56 Å². The van der Waals surface area contributed by atoms with Gasteiger partial charge in [-0.2, -0.15) is 0 Å². The van der Waals surface area contributed by atoms with Gasteiger partial charge in [0, 0.05) is 12.1 Å². The van der Waals surface area contributed by atoms with Crippen LogP contribution < -0.4 is 21.3 Å². The molecule has 0 spiro atoms. The molecule has 0 aromatic heterocycles. The molecule has 100 valence electrons. The van der Waals surface area contributed by atoms with E-state index in [1.165, 1.54) is 11.6 Å². The van der Waals surface area contributed by atoms with Crippen LogP contribution in [0.4, 0.5) is 17.1 Å². The Morgan fingerprint density at radius 2 is 1.79 bits per heavy atom. The van der Waals surface area contributed by atoms with Gasteiger partial charge in [0.15, 0.2) is 0 Å². The Labute approximate surface area is 112 Å². The van der Waals surface area contributed by atoms with E-state index < -0.39 is 0 Å². The molecule has 5 N–H and O–H groups in total. The van der Waals surface area contributed by atoms with Crippen molar-refractivity contribution < 1.29 is 9.84 Å². The maximum Gasteiger partial charge on any atom is 0.146 e. The second-order valence-corrected chi connectivity index (χ2v) is 4.23. The number of rotatable bonds is 4. The Kier molecular flexibility index (Phi) is 3.66. The molecule has 0 amide bonds. The number of nitrogens with one attached hydrogen (secondary N) is 2. The van der Waals surface area contributed by atoms with E-state index in [1.807, 2.05) is 31.2 Å². The summed E-state index contributed by atoms with van der Waals surface area (Å²) in [5.41, 5.74) is 14.6. The van der Waals surface area contributed by atoms with Crippen LogP contribution in [0.25, 0.3) is 0 Å². The van der Waals surface area contributed by atoms with E-state index in [-0.39, 0.29) is 11.4 Å². The monoisotopic (exact) mass is 259 g/mol. The smallest absolute Gasteiger partial charge is 0.146 e. The zero-order valence-electron chi connectivity index (χ0n) is 10.9. The van der Waals surface area contributed by atoms with E-state index in [2.05, 4.69) is 10.9 Å². The predicted octanol–water partition coefficient (Wildman–Crippen LogP) is 2.73. The predicted molar refractivity (Wildman–Crippen MR) is 77.5 cm³/mol. The molecule has 2 aromatic carbocycles. The maximum absolute atomic E-state index is 9.61. The third kappa shape index (κ3) is 3.01. The standard InChI is InChI=1S/C14H17N3O2/c1-9-3-5-10(6-4-9)16-17-12-8-13(18)11(15)7-14(12)19-2/h3-8,16-18H,15H2,1-2H3. The lowest BCUT2D eigenvalue weighted by Gasteiger charge is -2.14. The van der Waals surface area contributed by atoms with Crippen LogP contribution in [-0.2, 0) is 0 Å². The topological polar surface area (TPSA) is 79.5 Å². The highest BCUT2D eigenvalue weighted by atomic mass is 16.5. The highest BCUT2D eigenvalue weighted by Crippen LogP contribution is 2.33. The number of nitrogen functional groups attached to an aromatic ring is 1. The average Bonchev–Trinajstić information content (AvgIpc) is 2.41. The minimum absolute atomic E-state index is 0.00834. The molecule has 0 radical (unpaired) electrons.